The Bertz CT molecular complexity index is 1730. The minimum atomic E-state index is 0.875. The van der Waals surface area contributed by atoms with Gasteiger partial charge in [-0.05, 0) is 43.5 Å². The molecule has 0 unspecified atom stereocenters. The van der Waals surface area contributed by atoms with Gasteiger partial charge in [0.15, 0.2) is 0 Å². The van der Waals surface area contributed by atoms with E-state index in [1.54, 1.807) is 0 Å². The Morgan fingerprint density at radius 3 is 1.34 bits per heavy atom. The quantitative estimate of drug-likeness (QED) is 0.241. The zero-order valence-corrected chi connectivity index (χ0v) is 21.3. The lowest BCUT2D eigenvalue weighted by Gasteiger charge is -2.11. The standard InChI is InChI=1S/C34H26N4/c1-23-19-21-30(25-11-5-3-6-12-25)37(23)35-33-28-17-9-15-27-16-10-18-29(32(27)28)34(33)36-38-24(2)20-22-31(38)26-13-7-4-8-14-26/h3-22H,1-2H3/b35-33+,36-34+. The molecule has 0 saturated carbocycles. The molecule has 182 valence electrons. The van der Waals surface area contributed by atoms with Gasteiger partial charge in [-0.1, -0.05) is 97.1 Å². The van der Waals surface area contributed by atoms with Gasteiger partial charge in [0.05, 0.1) is 11.4 Å². The molecule has 6 aromatic rings. The number of aromatic nitrogens is 2. The fraction of sp³-hybridized carbons (Fsp3) is 0.0588. The molecule has 0 saturated heterocycles. The third-order valence-corrected chi connectivity index (χ3v) is 7.27. The minimum absolute atomic E-state index is 0.875. The van der Waals surface area contributed by atoms with Gasteiger partial charge < -0.3 is 0 Å². The van der Waals surface area contributed by atoms with E-state index < -0.39 is 0 Å². The summed E-state index contributed by atoms with van der Waals surface area (Å²) in [6.07, 6.45) is 0. The fourth-order valence-electron chi connectivity index (χ4n) is 5.38. The summed E-state index contributed by atoms with van der Waals surface area (Å²) in [5.41, 5.74) is 10.5. The normalized spacial score (nSPS) is 14.7. The van der Waals surface area contributed by atoms with Crippen LogP contribution in [-0.2, 0) is 0 Å². The van der Waals surface area contributed by atoms with Gasteiger partial charge >= 0.3 is 0 Å². The predicted molar refractivity (Wildman–Crippen MR) is 157 cm³/mol. The zero-order valence-electron chi connectivity index (χ0n) is 21.3. The van der Waals surface area contributed by atoms with Crippen LogP contribution in [0.25, 0.3) is 33.3 Å². The number of benzene rings is 4. The molecule has 0 spiro atoms. The highest BCUT2D eigenvalue weighted by Gasteiger charge is 2.29. The van der Waals surface area contributed by atoms with Crippen LogP contribution < -0.4 is 0 Å². The van der Waals surface area contributed by atoms with E-state index in [9.17, 15) is 0 Å². The molecule has 4 nitrogen and oxygen atoms in total. The topological polar surface area (TPSA) is 34.6 Å². The predicted octanol–water partition coefficient (Wildman–Crippen LogP) is 7.91. The molecule has 4 heteroatoms. The summed E-state index contributed by atoms with van der Waals surface area (Å²) in [7, 11) is 0. The summed E-state index contributed by atoms with van der Waals surface area (Å²) in [5, 5.41) is 13.0. The molecule has 0 radical (unpaired) electrons. The van der Waals surface area contributed by atoms with Crippen LogP contribution in [0.1, 0.15) is 22.5 Å². The lowest BCUT2D eigenvalue weighted by molar-refractivity contribution is 0.850. The van der Waals surface area contributed by atoms with Gasteiger partial charge in [0.1, 0.15) is 11.4 Å². The lowest BCUT2D eigenvalue weighted by Crippen LogP contribution is -2.16. The van der Waals surface area contributed by atoms with Crippen molar-refractivity contribution < 1.29 is 0 Å². The van der Waals surface area contributed by atoms with E-state index in [4.69, 9.17) is 10.2 Å². The average molecular weight is 491 g/mol. The largest absolute Gasteiger partial charge is 0.237 e. The van der Waals surface area contributed by atoms with Crippen molar-refractivity contribution in [1.82, 2.24) is 9.35 Å². The molecular weight excluding hydrogens is 464 g/mol. The van der Waals surface area contributed by atoms with Gasteiger partial charge in [-0.15, -0.1) is 0 Å². The number of aryl methyl sites for hydroxylation is 2. The van der Waals surface area contributed by atoms with Crippen molar-refractivity contribution in [1.29, 1.82) is 0 Å². The molecular formula is C34H26N4. The molecule has 0 N–H and O–H groups in total. The first-order chi connectivity index (χ1) is 18.7. The summed E-state index contributed by atoms with van der Waals surface area (Å²) in [5.74, 6) is 0. The molecule has 1 aliphatic rings. The van der Waals surface area contributed by atoms with Crippen LogP contribution in [-0.4, -0.2) is 20.8 Å². The van der Waals surface area contributed by atoms with Crippen molar-refractivity contribution in [3.05, 3.63) is 144 Å². The second kappa shape index (κ2) is 8.86. The summed E-state index contributed by atoms with van der Waals surface area (Å²) in [6.45, 7) is 4.19. The molecule has 0 bridgehead atoms. The third kappa shape index (κ3) is 3.53. The number of hydrogen-bond acceptors (Lipinski definition) is 2. The maximum atomic E-state index is 5.32. The molecule has 2 heterocycles. The Hall–Kier alpha value is -4.96. The Kier molecular flexibility index (Phi) is 5.19. The van der Waals surface area contributed by atoms with Gasteiger partial charge in [-0.2, -0.15) is 10.2 Å². The van der Waals surface area contributed by atoms with Gasteiger partial charge in [0.25, 0.3) is 0 Å². The van der Waals surface area contributed by atoms with Gasteiger partial charge in [0, 0.05) is 39.0 Å². The average Bonchev–Trinajstić information content (AvgIpc) is 3.61. The van der Waals surface area contributed by atoms with E-state index in [0.717, 1.165) is 56.5 Å². The van der Waals surface area contributed by atoms with Crippen molar-refractivity contribution in [3.8, 4) is 22.5 Å². The van der Waals surface area contributed by atoms with E-state index in [1.807, 2.05) is 21.5 Å². The van der Waals surface area contributed by atoms with Crippen LogP contribution >= 0.6 is 0 Å². The Balaban J connectivity index is 1.49. The van der Waals surface area contributed by atoms with E-state index in [0.29, 0.717) is 0 Å². The highest BCUT2D eigenvalue weighted by atomic mass is 15.4. The van der Waals surface area contributed by atoms with Gasteiger partial charge in [0.2, 0.25) is 0 Å². The molecule has 1 aliphatic carbocycles. The van der Waals surface area contributed by atoms with Gasteiger partial charge in [-0.25, -0.2) is 9.35 Å². The van der Waals surface area contributed by atoms with Crippen LogP contribution in [0.4, 0.5) is 0 Å². The molecule has 0 atom stereocenters. The van der Waals surface area contributed by atoms with Crippen LogP contribution in [0.5, 0.6) is 0 Å². The molecule has 0 aliphatic heterocycles. The minimum Gasteiger partial charge on any atom is -0.237 e. The van der Waals surface area contributed by atoms with Crippen molar-refractivity contribution in [2.45, 2.75) is 13.8 Å². The Labute approximate surface area is 221 Å². The van der Waals surface area contributed by atoms with Crippen molar-refractivity contribution in [2.75, 3.05) is 0 Å². The summed E-state index contributed by atoms with van der Waals surface area (Å²) < 4.78 is 4.09. The number of nitrogens with zero attached hydrogens (tertiary/aromatic N) is 4. The third-order valence-electron chi connectivity index (χ3n) is 7.27. The first-order valence-corrected chi connectivity index (χ1v) is 12.9. The summed E-state index contributed by atoms with van der Waals surface area (Å²) in [4.78, 5) is 0. The molecule has 0 amide bonds. The van der Waals surface area contributed by atoms with Crippen molar-refractivity contribution in [2.24, 2.45) is 10.2 Å². The smallest absolute Gasteiger partial charge is 0.120 e. The molecule has 7 rings (SSSR count). The monoisotopic (exact) mass is 490 g/mol. The fourth-order valence-corrected chi connectivity index (χ4v) is 5.38. The van der Waals surface area contributed by atoms with E-state index in [1.165, 1.54) is 10.8 Å². The first-order valence-electron chi connectivity index (χ1n) is 12.9. The second-order valence-electron chi connectivity index (χ2n) is 9.68. The summed E-state index contributed by atoms with van der Waals surface area (Å²) >= 11 is 0. The lowest BCUT2D eigenvalue weighted by atomic mass is 10.1. The molecule has 38 heavy (non-hydrogen) atoms. The van der Waals surface area contributed by atoms with Crippen molar-refractivity contribution in [3.63, 3.8) is 0 Å². The van der Waals surface area contributed by atoms with E-state index in [-0.39, 0.29) is 0 Å². The van der Waals surface area contributed by atoms with Crippen molar-refractivity contribution >= 4 is 22.2 Å². The van der Waals surface area contributed by atoms with E-state index >= 15 is 0 Å². The Morgan fingerprint density at radius 2 is 0.895 bits per heavy atom. The highest BCUT2D eigenvalue weighted by molar-refractivity contribution is 6.60. The zero-order chi connectivity index (χ0) is 25.6. The molecule has 0 fully saturated rings. The Morgan fingerprint density at radius 1 is 0.447 bits per heavy atom. The van der Waals surface area contributed by atoms with Crippen LogP contribution in [0, 0.1) is 13.8 Å². The number of hydrogen-bond donors (Lipinski definition) is 0. The van der Waals surface area contributed by atoms with E-state index in [2.05, 4.69) is 123 Å². The SMILES string of the molecule is Cc1ccc(-c2ccccc2)n1/N=C1/C(=N/n2c(C)ccc2-c2ccccc2)c2cccc3cccc1c23. The second-order valence-corrected chi connectivity index (χ2v) is 9.68. The maximum absolute atomic E-state index is 5.32. The maximum Gasteiger partial charge on any atom is 0.120 e. The molecule has 2 aromatic heterocycles. The van der Waals surface area contributed by atoms with Gasteiger partial charge in [-0.3, -0.25) is 0 Å². The van der Waals surface area contributed by atoms with Crippen LogP contribution in [0.15, 0.2) is 132 Å². The molecule has 4 aromatic carbocycles. The number of rotatable bonds is 4. The highest BCUT2D eigenvalue weighted by Crippen LogP contribution is 2.34. The van der Waals surface area contributed by atoms with Crippen LogP contribution in [0.3, 0.4) is 0 Å². The van der Waals surface area contributed by atoms with Crippen LogP contribution in [0.2, 0.25) is 0 Å². The summed E-state index contributed by atoms with van der Waals surface area (Å²) in [6, 6.07) is 42.2. The first kappa shape index (κ1) is 22.3.